The Labute approximate surface area is 201 Å². The van der Waals surface area contributed by atoms with Crippen LogP contribution in [-0.2, 0) is 32.6 Å². The molecular formula is C29H29N5. The molecule has 1 atom stereocenters. The fourth-order valence-corrected chi connectivity index (χ4v) is 4.72. The van der Waals surface area contributed by atoms with Gasteiger partial charge in [0, 0.05) is 45.0 Å². The molecule has 5 rings (SSSR count). The van der Waals surface area contributed by atoms with Crippen molar-refractivity contribution in [2.24, 2.45) is 0 Å². The van der Waals surface area contributed by atoms with Crippen LogP contribution in [0.2, 0.25) is 0 Å². The lowest BCUT2D eigenvalue weighted by atomic mass is 10.0. The van der Waals surface area contributed by atoms with Crippen molar-refractivity contribution in [3.05, 3.63) is 125 Å². The summed E-state index contributed by atoms with van der Waals surface area (Å²) in [5.74, 6) is 0. The van der Waals surface area contributed by atoms with Gasteiger partial charge in [-0.1, -0.05) is 66.7 Å². The summed E-state index contributed by atoms with van der Waals surface area (Å²) in [5, 5.41) is 12.8. The molecule has 0 fully saturated rings. The van der Waals surface area contributed by atoms with Gasteiger partial charge < -0.3 is 9.88 Å². The number of hydrogen-bond acceptors (Lipinski definition) is 4. The lowest BCUT2D eigenvalue weighted by molar-refractivity contribution is 0.232. The molecule has 0 amide bonds. The maximum absolute atomic E-state index is 9.03. The number of nitrogens with one attached hydrogen (secondary N) is 1. The van der Waals surface area contributed by atoms with Crippen molar-refractivity contribution >= 4 is 0 Å². The van der Waals surface area contributed by atoms with E-state index in [1.165, 1.54) is 16.7 Å². The van der Waals surface area contributed by atoms with Crippen molar-refractivity contribution in [2.75, 3.05) is 6.54 Å². The number of benzene rings is 3. The second-order valence-corrected chi connectivity index (χ2v) is 9.03. The zero-order valence-corrected chi connectivity index (χ0v) is 19.3. The number of imidazole rings is 1. The zero-order chi connectivity index (χ0) is 23.2. The first-order valence-corrected chi connectivity index (χ1v) is 11.8. The maximum Gasteiger partial charge on any atom is 0.0991 e. The van der Waals surface area contributed by atoms with Gasteiger partial charge in [0.25, 0.3) is 0 Å². The molecule has 0 spiro atoms. The molecule has 4 aromatic rings. The number of fused-ring (bicyclic) bond motifs is 1. The fourth-order valence-electron chi connectivity index (χ4n) is 4.72. The van der Waals surface area contributed by atoms with Crippen LogP contribution in [0.5, 0.6) is 0 Å². The first-order chi connectivity index (χ1) is 16.8. The standard InChI is InChI=1S/C29H29N5/c30-15-23-10-12-25(13-11-23)19-34-22-31-16-29(34)17-32-28-14-26-8-4-5-9-27(26)20-33(21-28)18-24-6-2-1-3-7-24/h1-13,16,22,28,32H,14,17-21H2. The van der Waals surface area contributed by atoms with E-state index in [1.54, 1.807) is 0 Å². The third kappa shape index (κ3) is 5.43. The molecule has 3 aromatic carbocycles. The highest BCUT2D eigenvalue weighted by atomic mass is 15.2. The van der Waals surface area contributed by atoms with E-state index in [4.69, 9.17) is 5.26 Å². The molecule has 5 heteroatoms. The molecule has 5 nitrogen and oxygen atoms in total. The average Bonchev–Trinajstić information content (AvgIpc) is 3.23. The van der Waals surface area contributed by atoms with Gasteiger partial charge in [0.2, 0.25) is 0 Å². The van der Waals surface area contributed by atoms with E-state index in [0.29, 0.717) is 11.6 Å². The summed E-state index contributed by atoms with van der Waals surface area (Å²) < 4.78 is 2.18. The van der Waals surface area contributed by atoms with E-state index in [1.807, 2.05) is 36.8 Å². The maximum atomic E-state index is 9.03. The minimum atomic E-state index is 0.352. The summed E-state index contributed by atoms with van der Waals surface area (Å²) >= 11 is 0. The molecule has 1 aromatic heterocycles. The van der Waals surface area contributed by atoms with E-state index < -0.39 is 0 Å². The number of rotatable bonds is 7. The van der Waals surface area contributed by atoms with Crippen LogP contribution >= 0.6 is 0 Å². The first-order valence-electron chi connectivity index (χ1n) is 11.8. The molecule has 0 saturated heterocycles. The average molecular weight is 448 g/mol. The number of nitrogens with zero attached hydrogens (tertiary/aromatic N) is 4. The van der Waals surface area contributed by atoms with Gasteiger partial charge >= 0.3 is 0 Å². The normalized spacial score (nSPS) is 15.9. The minimum Gasteiger partial charge on any atom is -0.329 e. The van der Waals surface area contributed by atoms with Crippen LogP contribution in [0, 0.1) is 11.3 Å². The Hall–Kier alpha value is -3.72. The molecule has 0 aliphatic carbocycles. The van der Waals surface area contributed by atoms with Crippen LogP contribution in [0.15, 0.2) is 91.4 Å². The van der Waals surface area contributed by atoms with Crippen molar-refractivity contribution in [1.29, 1.82) is 5.26 Å². The van der Waals surface area contributed by atoms with Crippen LogP contribution in [-0.4, -0.2) is 27.0 Å². The molecular weight excluding hydrogens is 418 g/mol. The van der Waals surface area contributed by atoms with Gasteiger partial charge in [-0.2, -0.15) is 5.26 Å². The van der Waals surface area contributed by atoms with Crippen LogP contribution in [0.3, 0.4) is 0 Å². The highest BCUT2D eigenvalue weighted by Crippen LogP contribution is 2.21. The third-order valence-corrected chi connectivity index (χ3v) is 6.51. The van der Waals surface area contributed by atoms with Gasteiger partial charge in [0.05, 0.1) is 23.7 Å². The smallest absolute Gasteiger partial charge is 0.0991 e. The van der Waals surface area contributed by atoms with Crippen molar-refractivity contribution in [2.45, 2.75) is 38.6 Å². The summed E-state index contributed by atoms with van der Waals surface area (Å²) in [7, 11) is 0. The second-order valence-electron chi connectivity index (χ2n) is 9.03. The molecule has 1 aliphatic rings. The Morgan fingerprint density at radius 2 is 1.62 bits per heavy atom. The third-order valence-electron chi connectivity index (χ3n) is 6.51. The quantitative estimate of drug-likeness (QED) is 0.453. The molecule has 170 valence electrons. The van der Waals surface area contributed by atoms with Gasteiger partial charge in [-0.25, -0.2) is 4.98 Å². The molecule has 34 heavy (non-hydrogen) atoms. The SMILES string of the molecule is N#Cc1ccc(Cn2cncc2CNC2Cc3ccccc3CN(Cc3ccccc3)C2)cc1. The molecule has 0 saturated carbocycles. The predicted octanol–water partition coefficient (Wildman–Crippen LogP) is 4.52. The monoisotopic (exact) mass is 447 g/mol. The van der Waals surface area contributed by atoms with Crippen molar-refractivity contribution in [3.63, 3.8) is 0 Å². The van der Waals surface area contributed by atoms with E-state index >= 15 is 0 Å². The predicted molar refractivity (Wildman–Crippen MR) is 134 cm³/mol. The van der Waals surface area contributed by atoms with E-state index in [2.05, 4.69) is 80.4 Å². The molecule has 1 N–H and O–H groups in total. The molecule has 1 unspecified atom stereocenters. The number of aromatic nitrogens is 2. The molecule has 0 bridgehead atoms. The van der Waals surface area contributed by atoms with Crippen LogP contribution < -0.4 is 5.32 Å². The van der Waals surface area contributed by atoms with Gasteiger partial charge in [-0.3, -0.25) is 4.90 Å². The molecule has 2 heterocycles. The van der Waals surface area contributed by atoms with Gasteiger partial charge in [-0.15, -0.1) is 0 Å². The first kappa shape index (κ1) is 22.1. The van der Waals surface area contributed by atoms with Gasteiger partial charge in [0.15, 0.2) is 0 Å². The minimum absolute atomic E-state index is 0.352. The zero-order valence-electron chi connectivity index (χ0n) is 19.3. The Bertz CT molecular complexity index is 1250. The summed E-state index contributed by atoms with van der Waals surface area (Å²) in [6.45, 7) is 4.43. The summed E-state index contributed by atoms with van der Waals surface area (Å²) in [6.07, 6.45) is 4.85. The van der Waals surface area contributed by atoms with Crippen LogP contribution in [0.25, 0.3) is 0 Å². The lowest BCUT2D eigenvalue weighted by Crippen LogP contribution is -2.40. The Morgan fingerprint density at radius 1 is 0.882 bits per heavy atom. The second kappa shape index (κ2) is 10.5. The van der Waals surface area contributed by atoms with E-state index in [-0.39, 0.29) is 0 Å². The lowest BCUT2D eigenvalue weighted by Gasteiger charge is -2.25. The van der Waals surface area contributed by atoms with Gasteiger partial charge in [0.1, 0.15) is 0 Å². The van der Waals surface area contributed by atoms with Crippen molar-refractivity contribution in [1.82, 2.24) is 19.8 Å². The van der Waals surface area contributed by atoms with Gasteiger partial charge in [-0.05, 0) is 40.8 Å². The fraction of sp³-hybridized carbons (Fsp3) is 0.241. The topological polar surface area (TPSA) is 56.9 Å². The number of nitriles is 1. The highest BCUT2D eigenvalue weighted by molar-refractivity contribution is 5.32. The molecule has 1 aliphatic heterocycles. The summed E-state index contributed by atoms with van der Waals surface area (Å²) in [5.41, 5.74) is 7.22. The Kier molecular flexibility index (Phi) is 6.81. The largest absolute Gasteiger partial charge is 0.329 e. The van der Waals surface area contributed by atoms with Crippen molar-refractivity contribution < 1.29 is 0 Å². The molecule has 0 radical (unpaired) electrons. The highest BCUT2D eigenvalue weighted by Gasteiger charge is 2.22. The summed E-state index contributed by atoms with van der Waals surface area (Å²) in [6, 6.07) is 29.9. The number of hydrogen-bond donors (Lipinski definition) is 1. The van der Waals surface area contributed by atoms with E-state index in [0.717, 1.165) is 50.4 Å². The van der Waals surface area contributed by atoms with Crippen LogP contribution in [0.1, 0.15) is 33.5 Å². The van der Waals surface area contributed by atoms with Crippen LogP contribution in [0.4, 0.5) is 0 Å². The Morgan fingerprint density at radius 3 is 2.41 bits per heavy atom. The van der Waals surface area contributed by atoms with Crippen molar-refractivity contribution in [3.8, 4) is 6.07 Å². The summed E-state index contributed by atoms with van der Waals surface area (Å²) in [4.78, 5) is 6.95. The van der Waals surface area contributed by atoms with E-state index in [9.17, 15) is 0 Å². The Balaban J connectivity index is 1.28.